The van der Waals surface area contributed by atoms with Crippen LogP contribution in [-0.4, -0.2) is 35.8 Å². The summed E-state index contributed by atoms with van der Waals surface area (Å²) >= 11 is 3.43. The lowest BCUT2D eigenvalue weighted by molar-refractivity contribution is -0.145. The Kier molecular flexibility index (Phi) is 7.26. The summed E-state index contributed by atoms with van der Waals surface area (Å²) in [4.78, 5) is 18.9. The van der Waals surface area contributed by atoms with E-state index < -0.39 is 11.8 Å². The molecule has 7 nitrogen and oxygen atoms in total. The van der Waals surface area contributed by atoms with Gasteiger partial charge in [0, 0.05) is 0 Å². The predicted octanol–water partition coefficient (Wildman–Crippen LogP) is 4.87. The fourth-order valence-corrected chi connectivity index (χ4v) is 3.41. The number of hydrogen-bond donors (Lipinski definition) is 1. The van der Waals surface area contributed by atoms with Gasteiger partial charge in [-0.25, -0.2) is 14.2 Å². The van der Waals surface area contributed by atoms with Gasteiger partial charge < -0.3 is 19.2 Å². The number of aromatic nitrogens is 2. The first kappa shape index (κ1) is 22.3. The van der Waals surface area contributed by atoms with Crippen molar-refractivity contribution in [1.82, 2.24) is 9.97 Å². The van der Waals surface area contributed by atoms with Crippen molar-refractivity contribution in [3.63, 3.8) is 0 Å². The quantitative estimate of drug-likeness (QED) is 0.359. The van der Waals surface area contributed by atoms with Gasteiger partial charge in [0.2, 0.25) is 0 Å². The molecule has 2 aromatic carbocycles. The smallest absolute Gasteiger partial charge is 0.344 e. The highest BCUT2D eigenvalue weighted by atomic mass is 79.9. The Hall–Kier alpha value is -3.38. The number of benzene rings is 2. The number of H-pyrrole nitrogens is 1. The number of nitrogens with zero attached hydrogens (tertiary/aromatic N) is 2. The molecule has 31 heavy (non-hydrogen) atoms. The average molecular weight is 488 g/mol. The molecule has 1 N–H and O–H groups in total. The molecule has 0 spiro atoms. The fourth-order valence-electron chi connectivity index (χ4n) is 2.84. The molecule has 0 aliphatic heterocycles. The molecule has 9 heteroatoms. The van der Waals surface area contributed by atoms with Gasteiger partial charge in [0.1, 0.15) is 17.7 Å². The topological polar surface area (TPSA) is 97.2 Å². The predicted molar refractivity (Wildman–Crippen MR) is 117 cm³/mol. The van der Waals surface area contributed by atoms with Crippen LogP contribution >= 0.6 is 15.9 Å². The van der Waals surface area contributed by atoms with E-state index in [-0.39, 0.29) is 18.8 Å². The van der Waals surface area contributed by atoms with Crippen molar-refractivity contribution in [2.45, 2.75) is 13.8 Å². The monoisotopic (exact) mass is 487 g/mol. The van der Waals surface area contributed by atoms with Crippen LogP contribution in [0, 0.1) is 17.1 Å². The molecule has 0 atom stereocenters. The number of nitrogens with one attached hydrogen (secondary N) is 1. The zero-order valence-electron chi connectivity index (χ0n) is 16.9. The minimum absolute atomic E-state index is 0.256. The van der Waals surface area contributed by atoms with Crippen LogP contribution in [-0.2, 0) is 9.53 Å². The van der Waals surface area contributed by atoms with Crippen molar-refractivity contribution in [1.29, 1.82) is 5.26 Å². The number of aromatic amines is 1. The number of ether oxygens (including phenoxy) is 3. The summed E-state index contributed by atoms with van der Waals surface area (Å²) < 4.78 is 30.1. The number of carbonyl (C=O) groups excluding carboxylic acids is 1. The minimum Gasteiger partial charge on any atom is -0.490 e. The molecule has 0 amide bonds. The Morgan fingerprint density at radius 1 is 1.26 bits per heavy atom. The SMILES string of the molecule is CCOC(=O)COc1c(Br)cc(/C=C(/C#N)c2nc3ccc(F)cc3[nH]2)cc1OCC. The molecule has 3 rings (SSSR count). The molecule has 0 saturated heterocycles. The third-order valence-electron chi connectivity index (χ3n) is 4.10. The lowest BCUT2D eigenvalue weighted by Gasteiger charge is -2.14. The molecule has 0 bridgehead atoms. The maximum atomic E-state index is 13.4. The fraction of sp³-hybridized carbons (Fsp3) is 0.227. The molecule has 0 aliphatic carbocycles. The van der Waals surface area contributed by atoms with E-state index in [4.69, 9.17) is 14.2 Å². The number of hydrogen-bond acceptors (Lipinski definition) is 6. The van der Waals surface area contributed by atoms with E-state index in [1.54, 1.807) is 31.2 Å². The molecule has 1 aromatic heterocycles. The molecular weight excluding hydrogens is 469 g/mol. The number of halogens is 2. The van der Waals surface area contributed by atoms with Crippen molar-refractivity contribution in [2.24, 2.45) is 0 Å². The Labute approximate surface area is 186 Å². The van der Waals surface area contributed by atoms with E-state index in [9.17, 15) is 14.4 Å². The Bertz CT molecular complexity index is 1180. The molecule has 0 aliphatic rings. The third kappa shape index (κ3) is 5.41. The second kappa shape index (κ2) is 10.1. The maximum absolute atomic E-state index is 13.4. The van der Waals surface area contributed by atoms with E-state index in [2.05, 4.69) is 32.0 Å². The first-order valence-electron chi connectivity index (χ1n) is 9.47. The zero-order valence-corrected chi connectivity index (χ0v) is 18.5. The number of esters is 1. The molecular formula is C22H19BrFN3O4. The van der Waals surface area contributed by atoms with Gasteiger partial charge in [-0.05, 0) is 71.7 Å². The number of fused-ring (bicyclic) bond motifs is 1. The number of rotatable bonds is 8. The summed E-state index contributed by atoms with van der Waals surface area (Å²) in [5.41, 5.74) is 1.94. The number of imidazole rings is 1. The highest BCUT2D eigenvalue weighted by Gasteiger charge is 2.15. The van der Waals surface area contributed by atoms with Gasteiger partial charge in [0.25, 0.3) is 0 Å². The van der Waals surface area contributed by atoms with Crippen LogP contribution < -0.4 is 9.47 Å². The van der Waals surface area contributed by atoms with Gasteiger partial charge in [-0.15, -0.1) is 0 Å². The van der Waals surface area contributed by atoms with E-state index in [1.165, 1.54) is 12.1 Å². The van der Waals surface area contributed by atoms with E-state index in [1.807, 2.05) is 6.92 Å². The second-order valence-corrected chi connectivity index (χ2v) is 7.13. The molecule has 0 fully saturated rings. The van der Waals surface area contributed by atoms with E-state index >= 15 is 0 Å². The average Bonchev–Trinajstić information content (AvgIpc) is 3.14. The second-order valence-electron chi connectivity index (χ2n) is 6.27. The van der Waals surface area contributed by atoms with Crippen LogP contribution in [0.1, 0.15) is 25.2 Å². The molecule has 3 aromatic rings. The number of nitriles is 1. The Balaban J connectivity index is 1.95. The van der Waals surface area contributed by atoms with Crippen LogP contribution in [0.3, 0.4) is 0 Å². The number of allylic oxidation sites excluding steroid dienone is 1. The van der Waals surface area contributed by atoms with Crippen molar-refractivity contribution in [3.8, 4) is 17.6 Å². The van der Waals surface area contributed by atoms with Crippen molar-refractivity contribution >= 4 is 44.6 Å². The van der Waals surface area contributed by atoms with Gasteiger partial charge in [-0.1, -0.05) is 0 Å². The Morgan fingerprint density at radius 3 is 2.77 bits per heavy atom. The minimum atomic E-state index is -0.492. The van der Waals surface area contributed by atoms with Crippen molar-refractivity contribution in [3.05, 3.63) is 52.0 Å². The molecule has 0 unspecified atom stereocenters. The largest absolute Gasteiger partial charge is 0.490 e. The molecule has 160 valence electrons. The van der Waals surface area contributed by atoms with E-state index in [0.29, 0.717) is 45.0 Å². The third-order valence-corrected chi connectivity index (χ3v) is 4.69. The van der Waals surface area contributed by atoms with Gasteiger partial charge in [0.05, 0.1) is 34.3 Å². The van der Waals surface area contributed by atoms with E-state index in [0.717, 1.165) is 0 Å². The first-order valence-corrected chi connectivity index (χ1v) is 10.3. The lowest BCUT2D eigenvalue weighted by Crippen LogP contribution is -2.15. The van der Waals surface area contributed by atoms with Crippen LogP contribution in [0.4, 0.5) is 4.39 Å². The standard InChI is InChI=1S/C22H19BrFN3O4/c1-3-29-19-9-13(8-16(23)21(19)31-12-20(28)30-4-2)7-14(11-25)22-26-17-6-5-15(24)10-18(17)27-22/h5-10H,3-4,12H2,1-2H3,(H,26,27)/b14-7-. The molecule has 0 radical (unpaired) electrons. The van der Waals surface area contributed by atoms with Gasteiger partial charge in [-0.3, -0.25) is 0 Å². The normalized spacial score (nSPS) is 11.3. The van der Waals surface area contributed by atoms with Crippen LogP contribution in [0.5, 0.6) is 11.5 Å². The summed E-state index contributed by atoms with van der Waals surface area (Å²) in [6.07, 6.45) is 1.62. The Morgan fingerprint density at radius 2 is 2.06 bits per heavy atom. The van der Waals surface area contributed by atoms with Gasteiger partial charge in [-0.2, -0.15) is 5.26 Å². The highest BCUT2D eigenvalue weighted by Crippen LogP contribution is 2.38. The van der Waals surface area contributed by atoms with Crippen molar-refractivity contribution in [2.75, 3.05) is 19.8 Å². The summed E-state index contributed by atoms with van der Waals surface area (Å²) in [6.45, 7) is 3.90. The van der Waals surface area contributed by atoms with Gasteiger partial charge >= 0.3 is 5.97 Å². The molecule has 0 saturated carbocycles. The maximum Gasteiger partial charge on any atom is 0.344 e. The van der Waals surface area contributed by atoms with Crippen molar-refractivity contribution < 1.29 is 23.4 Å². The number of carbonyl (C=O) groups is 1. The summed E-state index contributed by atoms with van der Waals surface area (Å²) in [5.74, 6) is 0.184. The van der Waals surface area contributed by atoms with Crippen LogP contribution in [0.2, 0.25) is 0 Å². The lowest BCUT2D eigenvalue weighted by atomic mass is 10.1. The van der Waals surface area contributed by atoms with Gasteiger partial charge in [0.15, 0.2) is 18.1 Å². The summed E-state index contributed by atoms with van der Waals surface area (Å²) in [5, 5.41) is 9.64. The van der Waals surface area contributed by atoms with Crippen LogP contribution in [0.15, 0.2) is 34.8 Å². The summed E-state index contributed by atoms with van der Waals surface area (Å²) in [7, 11) is 0. The molecule has 1 heterocycles. The first-order chi connectivity index (χ1) is 14.9. The van der Waals surface area contributed by atoms with Crippen LogP contribution in [0.25, 0.3) is 22.7 Å². The summed E-state index contributed by atoms with van der Waals surface area (Å²) in [6, 6.07) is 9.69. The highest BCUT2D eigenvalue weighted by molar-refractivity contribution is 9.10. The zero-order chi connectivity index (χ0) is 22.4.